The number of allylic oxidation sites excluding steroid dienone is 4. The van der Waals surface area contributed by atoms with E-state index in [9.17, 15) is 14.7 Å². The van der Waals surface area contributed by atoms with Crippen molar-refractivity contribution in [2.75, 3.05) is 20.3 Å². The molecule has 0 saturated heterocycles. The van der Waals surface area contributed by atoms with Crippen LogP contribution in [0.5, 0.6) is 11.5 Å². The minimum atomic E-state index is -1.85. The Morgan fingerprint density at radius 2 is 1.87 bits per heavy atom. The summed E-state index contributed by atoms with van der Waals surface area (Å²) in [7, 11) is 1.63. The predicted octanol–water partition coefficient (Wildman–Crippen LogP) is 5.20. The number of aliphatic hydroxyl groups is 1. The molecule has 0 aromatic heterocycles. The lowest BCUT2D eigenvalue weighted by Gasteiger charge is -2.61. The molecule has 4 aliphatic rings. The van der Waals surface area contributed by atoms with Crippen LogP contribution in [0.15, 0.2) is 48.1 Å². The molecular weight excluding hydrogens is 497 g/mol. The van der Waals surface area contributed by atoms with Crippen molar-refractivity contribution >= 4 is 11.7 Å². The van der Waals surface area contributed by atoms with Crippen molar-refractivity contribution in [2.45, 2.75) is 71.1 Å². The lowest BCUT2D eigenvalue weighted by molar-refractivity contribution is -0.195. The maximum Gasteiger partial charge on any atom is 0.223 e. The van der Waals surface area contributed by atoms with Gasteiger partial charge < -0.3 is 19.9 Å². The first-order chi connectivity index (χ1) is 18.5. The number of carbonyl (C=O) groups excluding carboxylic acids is 2. The molecule has 3 saturated carbocycles. The highest BCUT2D eigenvalue weighted by Gasteiger charge is 2.71. The third kappa shape index (κ3) is 4.51. The van der Waals surface area contributed by atoms with Crippen LogP contribution in [0, 0.1) is 34.5 Å². The van der Waals surface area contributed by atoms with Crippen molar-refractivity contribution < 1.29 is 28.6 Å². The van der Waals surface area contributed by atoms with Crippen LogP contribution in [-0.4, -0.2) is 48.8 Å². The second kappa shape index (κ2) is 10.4. The molecule has 0 aliphatic heterocycles. The van der Waals surface area contributed by atoms with Crippen molar-refractivity contribution in [3.05, 3.63) is 48.1 Å². The van der Waals surface area contributed by atoms with Crippen LogP contribution >= 0.6 is 0 Å². The van der Waals surface area contributed by atoms with Crippen molar-refractivity contribution in [3.8, 4) is 11.5 Å². The molecule has 0 heterocycles. The second-order valence-corrected chi connectivity index (χ2v) is 12.6. The number of rotatable bonds is 8. The summed E-state index contributed by atoms with van der Waals surface area (Å²) in [5, 5.41) is 14.6. The summed E-state index contributed by atoms with van der Waals surface area (Å²) in [5.74, 6) is 0.928. The molecule has 8 unspecified atom stereocenters. The number of alkyl halides is 1. The Morgan fingerprint density at radius 1 is 1.15 bits per heavy atom. The van der Waals surface area contributed by atoms with Gasteiger partial charge in [-0.2, -0.15) is 0 Å². The topological polar surface area (TPSA) is 84.9 Å². The molecule has 2 N–H and O–H groups in total. The Balaban J connectivity index is 1.21. The highest BCUT2D eigenvalue weighted by molar-refractivity contribution is 6.01. The van der Waals surface area contributed by atoms with Crippen LogP contribution in [0.1, 0.15) is 59.3 Å². The quantitative estimate of drug-likeness (QED) is 0.444. The van der Waals surface area contributed by atoms with Crippen LogP contribution in [0.25, 0.3) is 0 Å². The third-order valence-electron chi connectivity index (χ3n) is 10.5. The summed E-state index contributed by atoms with van der Waals surface area (Å²) < 4.78 is 28.2. The summed E-state index contributed by atoms with van der Waals surface area (Å²) in [6, 6.07) is 7.46. The largest absolute Gasteiger partial charge is 0.497 e. The van der Waals surface area contributed by atoms with Gasteiger partial charge in [-0.25, -0.2) is 4.39 Å². The van der Waals surface area contributed by atoms with Crippen molar-refractivity contribution in [3.63, 3.8) is 0 Å². The minimum Gasteiger partial charge on any atom is -0.497 e. The van der Waals surface area contributed by atoms with Gasteiger partial charge in [0.05, 0.1) is 19.8 Å². The van der Waals surface area contributed by atoms with Crippen LogP contribution in [-0.2, 0) is 9.59 Å². The van der Waals surface area contributed by atoms with Gasteiger partial charge in [0.2, 0.25) is 5.91 Å². The highest BCUT2D eigenvalue weighted by Crippen LogP contribution is 2.69. The molecule has 0 bridgehead atoms. The normalized spacial score (nSPS) is 38.8. The fourth-order valence-corrected chi connectivity index (χ4v) is 8.55. The van der Waals surface area contributed by atoms with Gasteiger partial charge in [-0.3, -0.25) is 9.59 Å². The second-order valence-electron chi connectivity index (χ2n) is 12.6. The zero-order chi connectivity index (χ0) is 28.0. The first kappa shape index (κ1) is 27.9. The number of ketones is 1. The number of benzene rings is 1. The van der Waals surface area contributed by atoms with Gasteiger partial charge >= 0.3 is 0 Å². The number of halogens is 1. The van der Waals surface area contributed by atoms with E-state index in [1.54, 1.807) is 19.3 Å². The third-order valence-corrected chi connectivity index (χ3v) is 10.5. The minimum absolute atomic E-state index is 0.000972. The Hall–Kier alpha value is -2.67. The fourth-order valence-electron chi connectivity index (χ4n) is 8.55. The first-order valence-corrected chi connectivity index (χ1v) is 14.4. The lowest BCUT2D eigenvalue weighted by atomic mass is 9.45. The number of hydrogen-bond acceptors (Lipinski definition) is 5. The molecule has 5 rings (SSSR count). The SMILES string of the molecule is COc1ccc(OCCCCNC(=O)C2C(C)CC3C4CCC5=CC(=O)C=CC5(C)C4(F)C(O)CC32C)cc1. The van der Waals surface area contributed by atoms with E-state index >= 15 is 4.39 Å². The molecule has 1 aromatic carbocycles. The number of hydrogen-bond donors (Lipinski definition) is 2. The Kier molecular flexibility index (Phi) is 7.42. The van der Waals surface area contributed by atoms with Gasteiger partial charge in [0.25, 0.3) is 0 Å². The fraction of sp³-hybridized carbons (Fsp3) is 0.625. The molecule has 3 fully saturated rings. The smallest absolute Gasteiger partial charge is 0.223 e. The van der Waals surface area contributed by atoms with Crippen molar-refractivity contribution in [1.82, 2.24) is 5.32 Å². The zero-order valence-electron chi connectivity index (χ0n) is 23.5. The molecule has 7 heteroatoms. The van der Waals surface area contributed by atoms with E-state index in [0.29, 0.717) is 26.0 Å². The van der Waals surface area contributed by atoms with E-state index in [4.69, 9.17) is 9.47 Å². The number of aliphatic hydroxyl groups excluding tert-OH is 1. The van der Waals surface area contributed by atoms with Gasteiger partial charge in [-0.15, -0.1) is 0 Å². The molecule has 8 atom stereocenters. The molecule has 0 spiro atoms. The van der Waals surface area contributed by atoms with Crippen molar-refractivity contribution in [2.24, 2.45) is 34.5 Å². The summed E-state index contributed by atoms with van der Waals surface area (Å²) in [6.45, 7) is 7.13. The average Bonchev–Trinajstić information content (AvgIpc) is 3.17. The van der Waals surface area contributed by atoms with Gasteiger partial charge in [0.1, 0.15) is 11.5 Å². The molecule has 1 aromatic rings. The molecule has 212 valence electrons. The number of methoxy groups -OCH3 is 1. The maximum atomic E-state index is 17.2. The van der Waals surface area contributed by atoms with Crippen LogP contribution in [0.4, 0.5) is 4.39 Å². The van der Waals surface area contributed by atoms with E-state index in [2.05, 4.69) is 19.2 Å². The monoisotopic (exact) mass is 539 g/mol. The van der Waals surface area contributed by atoms with Crippen LogP contribution in [0.2, 0.25) is 0 Å². The number of carbonyl (C=O) groups is 2. The van der Waals surface area contributed by atoms with Gasteiger partial charge in [-0.05, 0) is 99.1 Å². The van der Waals surface area contributed by atoms with E-state index < -0.39 is 22.6 Å². The standard InChI is InChI=1S/C32H42FNO5/c1-20-17-26-25-12-7-21-18-22(35)13-14-31(21,3)32(25,33)27(36)19-30(26,2)28(20)29(37)34-15-5-6-16-39-24-10-8-23(38-4)9-11-24/h8-11,13-14,18,20,25-28,36H,5-7,12,15-17,19H2,1-4H3,(H,34,37). The Labute approximate surface area is 231 Å². The van der Waals surface area contributed by atoms with Crippen LogP contribution in [0.3, 0.4) is 0 Å². The molecule has 0 radical (unpaired) electrons. The molecule has 39 heavy (non-hydrogen) atoms. The summed E-state index contributed by atoms with van der Waals surface area (Å²) >= 11 is 0. The highest BCUT2D eigenvalue weighted by atomic mass is 19.1. The lowest BCUT2D eigenvalue weighted by Crippen LogP contribution is -2.67. The predicted molar refractivity (Wildman–Crippen MR) is 147 cm³/mol. The summed E-state index contributed by atoms with van der Waals surface area (Å²) in [5.41, 5.74) is -2.55. The van der Waals surface area contributed by atoms with Gasteiger partial charge in [-0.1, -0.05) is 25.5 Å². The molecule has 1 amide bonds. The van der Waals surface area contributed by atoms with Gasteiger partial charge in [0, 0.05) is 23.8 Å². The molecule has 4 aliphatic carbocycles. The zero-order valence-corrected chi connectivity index (χ0v) is 23.5. The van der Waals surface area contributed by atoms with Crippen LogP contribution < -0.4 is 14.8 Å². The van der Waals surface area contributed by atoms with Gasteiger partial charge in [0.15, 0.2) is 11.5 Å². The number of amides is 1. The van der Waals surface area contributed by atoms with E-state index in [0.717, 1.165) is 36.3 Å². The van der Waals surface area contributed by atoms with E-state index in [1.807, 2.05) is 31.2 Å². The summed E-state index contributed by atoms with van der Waals surface area (Å²) in [4.78, 5) is 25.5. The Morgan fingerprint density at radius 3 is 2.59 bits per heavy atom. The number of fused-ring (bicyclic) bond motifs is 5. The van der Waals surface area contributed by atoms with E-state index in [1.165, 1.54) is 6.08 Å². The Bertz CT molecular complexity index is 1160. The average molecular weight is 540 g/mol. The number of unbranched alkanes of at least 4 members (excludes halogenated alkanes) is 1. The number of nitrogens with one attached hydrogen (secondary N) is 1. The first-order valence-electron chi connectivity index (χ1n) is 14.4. The molecule has 6 nitrogen and oxygen atoms in total. The van der Waals surface area contributed by atoms with Crippen molar-refractivity contribution in [1.29, 1.82) is 0 Å². The maximum absolute atomic E-state index is 17.2. The molecular formula is C32H42FNO5. The van der Waals surface area contributed by atoms with E-state index in [-0.39, 0.29) is 41.8 Å². The summed E-state index contributed by atoms with van der Waals surface area (Å²) in [6.07, 6.45) is 7.34. The number of ether oxygens (including phenoxy) is 2.